The number of amides is 1. The van der Waals surface area contributed by atoms with Gasteiger partial charge in [-0.1, -0.05) is 6.92 Å². The molecule has 0 aromatic heterocycles. The van der Waals surface area contributed by atoms with Crippen molar-refractivity contribution in [3.8, 4) is 0 Å². The molecule has 23 heavy (non-hydrogen) atoms. The lowest BCUT2D eigenvalue weighted by atomic mass is 10.2. The molecule has 0 spiro atoms. The molecule has 6 nitrogen and oxygen atoms in total. The number of nitrogens with zero attached hydrogens (tertiary/aromatic N) is 1. The third-order valence-corrected chi connectivity index (χ3v) is 3.78. The van der Waals surface area contributed by atoms with Gasteiger partial charge >= 0.3 is 0 Å². The lowest BCUT2D eigenvalue weighted by Crippen LogP contribution is -2.40. The van der Waals surface area contributed by atoms with Crippen molar-refractivity contribution >= 4 is 11.9 Å². The molecule has 0 saturated heterocycles. The molecule has 0 heterocycles. The van der Waals surface area contributed by atoms with Crippen molar-refractivity contribution < 1.29 is 9.53 Å². The van der Waals surface area contributed by atoms with Crippen molar-refractivity contribution in [2.75, 3.05) is 32.8 Å². The van der Waals surface area contributed by atoms with E-state index in [4.69, 9.17) is 4.74 Å². The van der Waals surface area contributed by atoms with E-state index >= 15 is 0 Å². The quantitative estimate of drug-likeness (QED) is 0.290. The van der Waals surface area contributed by atoms with Crippen molar-refractivity contribution in [2.45, 2.75) is 58.9 Å². The Balaban J connectivity index is 2.11. The summed E-state index contributed by atoms with van der Waals surface area (Å²) in [5, 5.41) is 9.35. The summed E-state index contributed by atoms with van der Waals surface area (Å²) in [6, 6.07) is 0.236. The Labute approximate surface area is 140 Å². The molecule has 1 amide bonds. The van der Waals surface area contributed by atoms with Gasteiger partial charge in [-0.25, -0.2) is 0 Å². The maximum atomic E-state index is 11.7. The van der Waals surface area contributed by atoms with Gasteiger partial charge in [0.05, 0.1) is 0 Å². The van der Waals surface area contributed by atoms with Crippen LogP contribution in [0.3, 0.4) is 0 Å². The number of nitrogens with one attached hydrogen (secondary N) is 3. The van der Waals surface area contributed by atoms with Crippen LogP contribution in [-0.2, 0) is 9.53 Å². The number of guanidine groups is 1. The van der Waals surface area contributed by atoms with Crippen molar-refractivity contribution in [3.05, 3.63) is 0 Å². The van der Waals surface area contributed by atoms with Gasteiger partial charge in [-0.15, -0.1) is 0 Å². The Bertz CT molecular complexity index is 357. The predicted octanol–water partition coefficient (Wildman–Crippen LogP) is 1.66. The highest BCUT2D eigenvalue weighted by atomic mass is 16.5. The molecule has 0 aromatic carbocycles. The zero-order chi connectivity index (χ0) is 16.9. The molecule has 6 heteroatoms. The highest BCUT2D eigenvalue weighted by Gasteiger charge is 2.20. The highest BCUT2D eigenvalue weighted by molar-refractivity contribution is 5.81. The molecule has 1 atom stereocenters. The first-order valence-electron chi connectivity index (χ1n) is 9.05. The average Bonchev–Trinajstić information content (AvgIpc) is 3.34. The molecule has 0 bridgehead atoms. The minimum atomic E-state index is 0.0798. The van der Waals surface area contributed by atoms with Crippen LogP contribution in [0.5, 0.6) is 0 Å². The van der Waals surface area contributed by atoms with Gasteiger partial charge in [-0.2, -0.15) is 0 Å². The Kier molecular flexibility index (Phi) is 10.4. The van der Waals surface area contributed by atoms with Gasteiger partial charge < -0.3 is 20.7 Å². The Morgan fingerprint density at radius 1 is 1.30 bits per heavy atom. The number of ether oxygens (including phenoxy) is 1. The molecule has 1 unspecified atom stereocenters. The van der Waals surface area contributed by atoms with Crippen molar-refractivity contribution in [3.63, 3.8) is 0 Å². The number of carbonyl (C=O) groups excluding carboxylic acids is 1. The molecule has 0 radical (unpaired) electrons. The fourth-order valence-electron chi connectivity index (χ4n) is 1.98. The monoisotopic (exact) mass is 326 g/mol. The second-order valence-electron chi connectivity index (χ2n) is 6.19. The van der Waals surface area contributed by atoms with Gasteiger partial charge in [0.15, 0.2) is 5.96 Å². The molecule has 1 saturated carbocycles. The molecule has 1 fully saturated rings. The van der Waals surface area contributed by atoms with Gasteiger partial charge in [-0.3, -0.25) is 9.79 Å². The summed E-state index contributed by atoms with van der Waals surface area (Å²) < 4.78 is 5.60. The minimum absolute atomic E-state index is 0.0798. The standard InChI is InChI=1S/C17H34N4O2/c1-4-14(3)21-16(22)9-11-20-17(18-5-2)19-10-6-12-23-13-15-7-8-15/h14-15H,4-13H2,1-3H3,(H,21,22)(H2,18,19,20). The molecule has 1 aliphatic carbocycles. The zero-order valence-electron chi connectivity index (χ0n) is 15.0. The first-order chi connectivity index (χ1) is 11.2. The van der Waals surface area contributed by atoms with E-state index in [1.165, 1.54) is 12.8 Å². The summed E-state index contributed by atoms with van der Waals surface area (Å²) in [4.78, 5) is 16.2. The van der Waals surface area contributed by atoms with E-state index in [9.17, 15) is 4.79 Å². The number of aliphatic imine (C=N–C) groups is 1. The maximum absolute atomic E-state index is 11.7. The van der Waals surface area contributed by atoms with Crippen molar-refractivity contribution in [2.24, 2.45) is 10.9 Å². The number of hydrogen-bond donors (Lipinski definition) is 3. The first-order valence-corrected chi connectivity index (χ1v) is 9.05. The van der Waals surface area contributed by atoms with E-state index in [0.29, 0.717) is 13.0 Å². The smallest absolute Gasteiger partial charge is 0.221 e. The van der Waals surface area contributed by atoms with E-state index in [1.54, 1.807) is 0 Å². The molecule has 1 aliphatic rings. The van der Waals surface area contributed by atoms with E-state index < -0.39 is 0 Å². The molecule has 0 aliphatic heterocycles. The second-order valence-corrected chi connectivity index (χ2v) is 6.19. The summed E-state index contributed by atoms with van der Waals surface area (Å²) >= 11 is 0. The molecule has 0 aromatic rings. The van der Waals surface area contributed by atoms with Gasteiger partial charge in [-0.05, 0) is 45.4 Å². The Morgan fingerprint density at radius 2 is 2.09 bits per heavy atom. The van der Waals surface area contributed by atoms with Crippen molar-refractivity contribution in [1.82, 2.24) is 16.0 Å². The summed E-state index contributed by atoms with van der Waals surface area (Å²) in [7, 11) is 0. The minimum Gasteiger partial charge on any atom is -0.381 e. The van der Waals surface area contributed by atoms with Crippen LogP contribution in [0.15, 0.2) is 4.99 Å². The van der Waals surface area contributed by atoms with Crippen LogP contribution >= 0.6 is 0 Å². The maximum Gasteiger partial charge on any atom is 0.221 e. The predicted molar refractivity (Wildman–Crippen MR) is 94.7 cm³/mol. The topological polar surface area (TPSA) is 74.8 Å². The second kappa shape index (κ2) is 12.2. The summed E-state index contributed by atoms with van der Waals surface area (Å²) in [5.41, 5.74) is 0. The molecule has 3 N–H and O–H groups in total. The molecular formula is C17H34N4O2. The van der Waals surface area contributed by atoms with Gasteiger partial charge in [0.2, 0.25) is 5.91 Å². The lowest BCUT2D eigenvalue weighted by molar-refractivity contribution is -0.121. The van der Waals surface area contributed by atoms with Crippen LogP contribution < -0.4 is 16.0 Å². The van der Waals surface area contributed by atoms with E-state index in [0.717, 1.165) is 51.0 Å². The highest BCUT2D eigenvalue weighted by Crippen LogP contribution is 2.28. The molecule has 134 valence electrons. The lowest BCUT2D eigenvalue weighted by Gasteiger charge is -2.13. The zero-order valence-corrected chi connectivity index (χ0v) is 15.0. The van der Waals surface area contributed by atoms with Crippen LogP contribution in [0.25, 0.3) is 0 Å². The summed E-state index contributed by atoms with van der Waals surface area (Å²) in [5.74, 6) is 1.67. The SMILES string of the molecule is CCNC(=NCCCOCC1CC1)NCCC(=O)NC(C)CC. The number of hydrogen-bond acceptors (Lipinski definition) is 3. The average molecular weight is 326 g/mol. The fourth-order valence-corrected chi connectivity index (χ4v) is 1.98. The number of carbonyl (C=O) groups is 1. The van der Waals surface area contributed by atoms with E-state index in [2.05, 4.69) is 27.9 Å². The van der Waals surface area contributed by atoms with Crippen molar-refractivity contribution in [1.29, 1.82) is 0 Å². The Hall–Kier alpha value is -1.30. The third-order valence-electron chi connectivity index (χ3n) is 3.78. The number of rotatable bonds is 12. The van der Waals surface area contributed by atoms with Crippen LogP contribution in [0.4, 0.5) is 0 Å². The molecular weight excluding hydrogens is 292 g/mol. The summed E-state index contributed by atoms with van der Waals surface area (Å²) in [6.07, 6.45) is 5.00. The summed E-state index contributed by atoms with van der Waals surface area (Å²) in [6.45, 7) is 9.93. The van der Waals surface area contributed by atoms with Crippen LogP contribution in [0.1, 0.15) is 52.9 Å². The van der Waals surface area contributed by atoms with Gasteiger partial charge in [0, 0.05) is 45.3 Å². The Morgan fingerprint density at radius 3 is 2.74 bits per heavy atom. The van der Waals surface area contributed by atoms with Gasteiger partial charge in [0.1, 0.15) is 0 Å². The van der Waals surface area contributed by atoms with Crippen LogP contribution in [0.2, 0.25) is 0 Å². The first kappa shape index (κ1) is 19.7. The normalized spacial score (nSPS) is 16.0. The van der Waals surface area contributed by atoms with Gasteiger partial charge in [0.25, 0.3) is 0 Å². The largest absolute Gasteiger partial charge is 0.381 e. The third kappa shape index (κ3) is 11.0. The van der Waals surface area contributed by atoms with Crippen LogP contribution in [-0.4, -0.2) is 50.8 Å². The molecule has 1 rings (SSSR count). The van der Waals surface area contributed by atoms with E-state index in [1.807, 2.05) is 13.8 Å². The fraction of sp³-hybridized carbons (Fsp3) is 0.882. The van der Waals surface area contributed by atoms with Crippen LogP contribution in [0, 0.1) is 5.92 Å². The van der Waals surface area contributed by atoms with E-state index in [-0.39, 0.29) is 11.9 Å².